The van der Waals surface area contributed by atoms with Crippen LogP contribution in [-0.4, -0.2) is 38.7 Å². The molecule has 2 heterocycles. The van der Waals surface area contributed by atoms with Gasteiger partial charge in [-0.05, 0) is 18.2 Å². The van der Waals surface area contributed by atoms with Crippen LogP contribution in [-0.2, 0) is 15.8 Å². The Kier molecular flexibility index (Phi) is 6.84. The molecule has 6 nitrogen and oxygen atoms in total. The van der Waals surface area contributed by atoms with Crippen LogP contribution in [0.2, 0.25) is 5.02 Å². The number of thiazole rings is 1. The van der Waals surface area contributed by atoms with Crippen LogP contribution in [0.5, 0.6) is 0 Å². The largest absolute Gasteiger partial charge is 0.418 e. The fraction of sp³-hybridized carbons (Fsp3) is 0.222. The molecule has 1 aromatic heterocycles. The molecule has 0 saturated carbocycles. The van der Waals surface area contributed by atoms with Crippen molar-refractivity contribution in [1.29, 1.82) is 0 Å². The number of benzene rings is 1. The van der Waals surface area contributed by atoms with Crippen LogP contribution in [0.25, 0.3) is 0 Å². The Morgan fingerprint density at radius 2 is 2.20 bits per heavy atom. The van der Waals surface area contributed by atoms with Gasteiger partial charge in [0.1, 0.15) is 5.25 Å². The minimum Gasteiger partial charge on any atom is -0.325 e. The van der Waals surface area contributed by atoms with E-state index in [-0.39, 0.29) is 23.9 Å². The third-order valence-corrected chi connectivity index (χ3v) is 5.95. The van der Waals surface area contributed by atoms with Crippen molar-refractivity contribution in [1.82, 2.24) is 9.88 Å². The zero-order valence-corrected chi connectivity index (χ0v) is 17.5. The summed E-state index contributed by atoms with van der Waals surface area (Å²) in [5, 5.41) is 3.82. The average Bonchev–Trinajstić information content (AvgIpc) is 3.27. The van der Waals surface area contributed by atoms with E-state index in [9.17, 15) is 22.8 Å². The van der Waals surface area contributed by atoms with E-state index in [2.05, 4.69) is 21.9 Å². The summed E-state index contributed by atoms with van der Waals surface area (Å²) >= 11 is 7.98. The second-order valence-electron chi connectivity index (χ2n) is 5.99. The van der Waals surface area contributed by atoms with Crippen molar-refractivity contribution in [2.45, 2.75) is 17.8 Å². The van der Waals surface area contributed by atoms with Crippen LogP contribution in [0.15, 0.2) is 47.4 Å². The predicted molar refractivity (Wildman–Crippen MR) is 112 cm³/mol. The summed E-state index contributed by atoms with van der Waals surface area (Å²) in [5.74, 6) is -1.11. The molecule has 1 aliphatic rings. The van der Waals surface area contributed by atoms with Crippen molar-refractivity contribution < 1.29 is 22.8 Å². The number of thioether (sulfide) groups is 1. The normalized spacial score (nSPS) is 18.1. The van der Waals surface area contributed by atoms with E-state index in [4.69, 9.17) is 11.6 Å². The Labute approximate surface area is 182 Å². The molecule has 2 aromatic rings. The molecule has 158 valence electrons. The number of hydrogen-bond acceptors (Lipinski definition) is 6. The van der Waals surface area contributed by atoms with Gasteiger partial charge in [-0.3, -0.25) is 14.5 Å². The quantitative estimate of drug-likeness (QED) is 0.600. The lowest BCUT2D eigenvalue weighted by molar-refractivity contribution is -0.137. The van der Waals surface area contributed by atoms with E-state index >= 15 is 0 Å². The van der Waals surface area contributed by atoms with Crippen molar-refractivity contribution in [3.8, 4) is 0 Å². The number of carbonyl (C=O) groups excluding carboxylic acids is 2. The van der Waals surface area contributed by atoms with E-state index in [0.717, 1.165) is 23.9 Å². The summed E-state index contributed by atoms with van der Waals surface area (Å²) < 4.78 is 39.6. The minimum atomic E-state index is -4.69. The van der Waals surface area contributed by atoms with Crippen molar-refractivity contribution in [2.24, 2.45) is 4.99 Å². The molecule has 1 N–H and O–H groups in total. The number of amides is 2. The zero-order chi connectivity index (χ0) is 21.9. The Bertz CT molecular complexity index is 996. The number of aliphatic imine (C=N–C) groups is 1. The molecule has 0 bridgehead atoms. The van der Waals surface area contributed by atoms with Crippen LogP contribution in [0, 0.1) is 0 Å². The number of anilines is 1. The van der Waals surface area contributed by atoms with E-state index in [1.54, 1.807) is 11.6 Å². The van der Waals surface area contributed by atoms with E-state index in [1.807, 2.05) is 0 Å². The molecule has 1 aliphatic heterocycles. The maximum Gasteiger partial charge on any atom is 0.418 e. The average molecular weight is 475 g/mol. The maximum absolute atomic E-state index is 13.2. The minimum absolute atomic E-state index is 0.107. The van der Waals surface area contributed by atoms with Gasteiger partial charge in [-0.2, -0.15) is 18.2 Å². The Hall–Kier alpha value is -2.37. The molecule has 1 saturated heterocycles. The lowest BCUT2D eigenvalue weighted by Gasteiger charge is -2.15. The van der Waals surface area contributed by atoms with Crippen LogP contribution < -0.4 is 5.32 Å². The highest BCUT2D eigenvalue weighted by atomic mass is 35.5. The monoisotopic (exact) mass is 474 g/mol. The van der Waals surface area contributed by atoms with E-state index in [0.29, 0.717) is 10.3 Å². The van der Waals surface area contributed by atoms with Gasteiger partial charge in [0.25, 0.3) is 0 Å². The number of rotatable bonds is 6. The van der Waals surface area contributed by atoms with E-state index in [1.165, 1.54) is 28.4 Å². The van der Waals surface area contributed by atoms with Gasteiger partial charge < -0.3 is 5.32 Å². The fourth-order valence-electron chi connectivity index (χ4n) is 2.60. The molecule has 0 unspecified atom stereocenters. The molecule has 3 rings (SSSR count). The molecule has 30 heavy (non-hydrogen) atoms. The number of aromatic nitrogens is 1. The Morgan fingerprint density at radius 3 is 2.83 bits per heavy atom. The maximum atomic E-state index is 13.2. The highest BCUT2D eigenvalue weighted by molar-refractivity contribution is 8.15. The van der Waals surface area contributed by atoms with Crippen molar-refractivity contribution in [3.05, 3.63) is 53.0 Å². The molecule has 1 aromatic carbocycles. The highest BCUT2D eigenvalue weighted by Gasteiger charge is 2.39. The zero-order valence-electron chi connectivity index (χ0n) is 15.1. The standard InChI is InChI=1S/C18H14ClF3N4O2S2/c1-2-6-26-15(28)13(30-17(26)25-16-23-5-7-29-16)9-14(27)24-12-4-3-10(19)8-11(12)18(20,21)22/h2-5,7-8,13H,1,6,9H2,(H,24,27)/t13-/m0/s1. The first kappa shape index (κ1) is 22.3. The van der Waals surface area contributed by atoms with Crippen molar-refractivity contribution >= 4 is 62.5 Å². The second-order valence-corrected chi connectivity index (χ2v) is 8.47. The van der Waals surface area contributed by atoms with Crippen LogP contribution >= 0.6 is 34.7 Å². The number of carbonyl (C=O) groups is 2. The van der Waals surface area contributed by atoms with Gasteiger partial charge in [0.05, 0.1) is 11.3 Å². The molecule has 12 heteroatoms. The van der Waals surface area contributed by atoms with Crippen molar-refractivity contribution in [3.63, 3.8) is 0 Å². The summed E-state index contributed by atoms with van der Waals surface area (Å²) in [5.41, 5.74) is -1.49. The summed E-state index contributed by atoms with van der Waals surface area (Å²) in [6.07, 6.45) is -1.94. The number of amidine groups is 1. The lowest BCUT2D eigenvalue weighted by atomic mass is 10.1. The third kappa shape index (κ3) is 5.21. The third-order valence-electron chi connectivity index (χ3n) is 3.87. The number of alkyl halides is 3. The van der Waals surface area contributed by atoms with Crippen LogP contribution in [0.1, 0.15) is 12.0 Å². The summed E-state index contributed by atoms with van der Waals surface area (Å²) in [4.78, 5) is 34.8. The number of hydrogen-bond donors (Lipinski definition) is 1. The van der Waals surface area contributed by atoms with Gasteiger partial charge in [-0.25, -0.2) is 4.98 Å². The molecule has 0 radical (unpaired) electrons. The molecule has 1 fully saturated rings. The second kappa shape index (κ2) is 9.19. The van der Waals surface area contributed by atoms with Gasteiger partial charge in [0, 0.05) is 29.6 Å². The fourth-order valence-corrected chi connectivity index (χ4v) is 4.49. The highest BCUT2D eigenvalue weighted by Crippen LogP contribution is 2.37. The van der Waals surface area contributed by atoms with Crippen LogP contribution in [0.3, 0.4) is 0 Å². The first-order chi connectivity index (χ1) is 14.2. The van der Waals surface area contributed by atoms with Crippen LogP contribution in [0.4, 0.5) is 24.0 Å². The number of nitrogens with one attached hydrogen (secondary N) is 1. The van der Waals surface area contributed by atoms with Gasteiger partial charge in [0.15, 0.2) is 5.17 Å². The topological polar surface area (TPSA) is 74.7 Å². The molecule has 0 spiro atoms. The first-order valence-electron chi connectivity index (χ1n) is 8.42. The molecular formula is C18H14ClF3N4O2S2. The summed E-state index contributed by atoms with van der Waals surface area (Å²) in [6.45, 7) is 3.79. The number of nitrogens with zero attached hydrogens (tertiary/aromatic N) is 3. The molecular weight excluding hydrogens is 461 g/mol. The smallest absolute Gasteiger partial charge is 0.325 e. The SMILES string of the molecule is C=CCN1C(=O)[C@H](CC(=O)Nc2ccc(Cl)cc2C(F)(F)F)SC1=Nc1nccs1. The van der Waals surface area contributed by atoms with Gasteiger partial charge in [0.2, 0.25) is 16.9 Å². The predicted octanol–water partition coefficient (Wildman–Crippen LogP) is 4.96. The van der Waals surface area contributed by atoms with Gasteiger partial charge >= 0.3 is 6.18 Å². The summed E-state index contributed by atoms with van der Waals surface area (Å²) in [6, 6.07) is 3.05. The van der Waals surface area contributed by atoms with E-state index < -0.39 is 28.6 Å². The number of halogens is 4. The summed E-state index contributed by atoms with van der Waals surface area (Å²) in [7, 11) is 0. The molecule has 2 amide bonds. The van der Waals surface area contributed by atoms with Gasteiger partial charge in [-0.15, -0.1) is 17.9 Å². The molecule has 1 atom stereocenters. The van der Waals surface area contributed by atoms with Gasteiger partial charge in [-0.1, -0.05) is 29.4 Å². The van der Waals surface area contributed by atoms with Crippen molar-refractivity contribution in [2.75, 3.05) is 11.9 Å². The first-order valence-corrected chi connectivity index (χ1v) is 10.6. The Balaban J connectivity index is 1.76. The lowest BCUT2D eigenvalue weighted by Crippen LogP contribution is -2.33. The molecule has 0 aliphatic carbocycles. The Morgan fingerprint density at radius 1 is 1.43 bits per heavy atom.